The van der Waals surface area contributed by atoms with E-state index in [-0.39, 0.29) is 17.7 Å². The van der Waals surface area contributed by atoms with Crippen molar-refractivity contribution in [1.82, 2.24) is 10.2 Å². The summed E-state index contributed by atoms with van der Waals surface area (Å²) in [7, 11) is 1.68. The van der Waals surface area contributed by atoms with Crippen LogP contribution in [0.15, 0.2) is 30.3 Å². The van der Waals surface area contributed by atoms with Gasteiger partial charge in [0.15, 0.2) is 0 Å². The molecular weight excluding hydrogens is 424 g/mol. The van der Waals surface area contributed by atoms with Gasteiger partial charge in [-0.15, -0.1) is 11.3 Å². The first-order chi connectivity index (χ1) is 15.5. The van der Waals surface area contributed by atoms with Gasteiger partial charge in [-0.2, -0.15) is 0 Å². The van der Waals surface area contributed by atoms with Crippen molar-refractivity contribution in [3.63, 3.8) is 0 Å². The number of carbonyl (C=O) groups is 2. The third kappa shape index (κ3) is 5.81. The molecule has 2 aliphatic rings. The molecule has 2 heterocycles. The highest BCUT2D eigenvalue weighted by atomic mass is 32.1. The smallest absolute Gasteiger partial charge is 0.261 e. The number of aryl methyl sites for hydroxylation is 1. The zero-order chi connectivity index (χ0) is 22.5. The molecule has 1 saturated heterocycles. The summed E-state index contributed by atoms with van der Waals surface area (Å²) in [5.74, 6) is 1.06. The van der Waals surface area contributed by atoms with Crippen LogP contribution in [-0.2, 0) is 4.79 Å². The molecule has 32 heavy (non-hydrogen) atoms. The maximum atomic E-state index is 12.6. The van der Waals surface area contributed by atoms with Gasteiger partial charge in [-0.1, -0.05) is 0 Å². The van der Waals surface area contributed by atoms with Crippen LogP contribution < -0.4 is 20.3 Å². The first-order valence-electron chi connectivity index (χ1n) is 11.3. The minimum Gasteiger partial charge on any atom is -0.497 e. The molecule has 4 rings (SSSR count). The van der Waals surface area contributed by atoms with Crippen molar-refractivity contribution in [2.45, 2.75) is 26.2 Å². The molecule has 0 bridgehead atoms. The molecule has 2 fully saturated rings. The Morgan fingerprint density at radius 2 is 1.84 bits per heavy atom. The molecular formula is C24H32N4O3S. The summed E-state index contributed by atoms with van der Waals surface area (Å²) < 4.78 is 5.23. The van der Waals surface area contributed by atoms with Gasteiger partial charge in [0.2, 0.25) is 5.91 Å². The number of benzene rings is 1. The van der Waals surface area contributed by atoms with Crippen LogP contribution in [0.2, 0.25) is 0 Å². The number of rotatable bonds is 9. The topological polar surface area (TPSA) is 73.9 Å². The van der Waals surface area contributed by atoms with Crippen LogP contribution in [0.1, 0.15) is 34.5 Å². The summed E-state index contributed by atoms with van der Waals surface area (Å²) in [5, 5.41) is 6.73. The lowest BCUT2D eigenvalue weighted by Gasteiger charge is -2.36. The number of hydrogen-bond donors (Lipinski definition) is 2. The lowest BCUT2D eigenvalue weighted by molar-refractivity contribution is -0.117. The molecule has 1 aliphatic heterocycles. The Kier molecular flexibility index (Phi) is 7.32. The van der Waals surface area contributed by atoms with Crippen molar-refractivity contribution in [3.05, 3.63) is 40.8 Å². The predicted molar refractivity (Wildman–Crippen MR) is 129 cm³/mol. The Morgan fingerprint density at radius 3 is 2.50 bits per heavy atom. The predicted octanol–water partition coefficient (Wildman–Crippen LogP) is 3.36. The average molecular weight is 457 g/mol. The van der Waals surface area contributed by atoms with Gasteiger partial charge in [-0.3, -0.25) is 14.5 Å². The molecule has 1 aliphatic carbocycles. The van der Waals surface area contributed by atoms with Crippen molar-refractivity contribution in [3.8, 4) is 5.75 Å². The summed E-state index contributed by atoms with van der Waals surface area (Å²) in [6, 6.07) is 10.1. The maximum absolute atomic E-state index is 12.6. The minimum absolute atomic E-state index is 0.0521. The van der Waals surface area contributed by atoms with Crippen molar-refractivity contribution in [2.24, 2.45) is 5.92 Å². The van der Waals surface area contributed by atoms with E-state index in [0.29, 0.717) is 11.4 Å². The van der Waals surface area contributed by atoms with E-state index in [9.17, 15) is 9.59 Å². The quantitative estimate of drug-likeness (QED) is 0.566. The molecule has 2 N–H and O–H groups in total. The summed E-state index contributed by atoms with van der Waals surface area (Å²) in [4.78, 5) is 30.0. The molecule has 1 aromatic carbocycles. The van der Waals surface area contributed by atoms with E-state index in [1.807, 2.05) is 25.1 Å². The van der Waals surface area contributed by atoms with E-state index in [1.165, 1.54) is 17.0 Å². The fourth-order valence-corrected chi connectivity index (χ4v) is 4.94. The Hall–Kier alpha value is -2.58. The Labute approximate surface area is 193 Å². The molecule has 0 unspecified atom stereocenters. The van der Waals surface area contributed by atoms with Crippen LogP contribution in [0.5, 0.6) is 5.75 Å². The van der Waals surface area contributed by atoms with E-state index >= 15 is 0 Å². The van der Waals surface area contributed by atoms with Crippen LogP contribution in [-0.4, -0.2) is 63.1 Å². The van der Waals surface area contributed by atoms with Crippen molar-refractivity contribution in [2.75, 3.05) is 56.6 Å². The third-order valence-corrected chi connectivity index (χ3v) is 7.22. The second kappa shape index (κ2) is 10.4. The first-order valence-corrected chi connectivity index (χ1v) is 12.2. The van der Waals surface area contributed by atoms with E-state index in [4.69, 9.17) is 4.74 Å². The number of nitrogens with zero attached hydrogens (tertiary/aromatic N) is 2. The van der Waals surface area contributed by atoms with Gasteiger partial charge in [0.25, 0.3) is 5.91 Å². The number of amides is 2. The van der Waals surface area contributed by atoms with Crippen LogP contribution in [0.3, 0.4) is 0 Å². The molecule has 1 aromatic heterocycles. The number of piperazine rings is 1. The van der Waals surface area contributed by atoms with Crippen molar-refractivity contribution in [1.29, 1.82) is 0 Å². The molecule has 172 valence electrons. The van der Waals surface area contributed by atoms with Gasteiger partial charge in [-0.25, -0.2) is 0 Å². The zero-order valence-electron chi connectivity index (χ0n) is 18.9. The summed E-state index contributed by atoms with van der Waals surface area (Å²) in [6.07, 6.45) is 2.87. The summed E-state index contributed by atoms with van der Waals surface area (Å²) >= 11 is 1.36. The van der Waals surface area contributed by atoms with Crippen LogP contribution >= 0.6 is 11.3 Å². The van der Waals surface area contributed by atoms with Gasteiger partial charge in [0.1, 0.15) is 5.75 Å². The van der Waals surface area contributed by atoms with Crippen molar-refractivity contribution >= 4 is 33.8 Å². The highest BCUT2D eigenvalue weighted by Gasteiger charge is 2.30. The van der Waals surface area contributed by atoms with E-state index in [0.717, 1.165) is 68.3 Å². The number of ether oxygens (including phenoxy) is 1. The number of methoxy groups -OCH3 is 1. The SMILES string of the molecule is COc1ccc(N2CCN(CCCNC(=O)c3sc(NC(=O)C4CC4)cc3C)CC2)cc1. The van der Waals surface area contributed by atoms with Crippen LogP contribution in [0.4, 0.5) is 10.7 Å². The van der Waals surface area contributed by atoms with Gasteiger partial charge >= 0.3 is 0 Å². The number of nitrogens with one attached hydrogen (secondary N) is 2. The lowest BCUT2D eigenvalue weighted by atomic mass is 10.2. The zero-order valence-corrected chi connectivity index (χ0v) is 19.7. The molecule has 8 heteroatoms. The van der Waals surface area contributed by atoms with Gasteiger partial charge in [0.05, 0.1) is 17.0 Å². The molecule has 2 amide bonds. The molecule has 2 aromatic rings. The Bertz CT molecular complexity index is 931. The lowest BCUT2D eigenvalue weighted by Crippen LogP contribution is -2.47. The second-order valence-corrected chi connectivity index (χ2v) is 9.57. The van der Waals surface area contributed by atoms with Gasteiger partial charge < -0.3 is 20.3 Å². The second-order valence-electron chi connectivity index (χ2n) is 8.52. The Morgan fingerprint density at radius 1 is 1.12 bits per heavy atom. The summed E-state index contributed by atoms with van der Waals surface area (Å²) in [6.45, 7) is 7.59. The Balaban J connectivity index is 1.15. The highest BCUT2D eigenvalue weighted by Crippen LogP contribution is 2.32. The monoisotopic (exact) mass is 456 g/mol. The van der Waals surface area contributed by atoms with E-state index < -0.39 is 0 Å². The van der Waals surface area contributed by atoms with Gasteiger partial charge in [0, 0.05) is 44.3 Å². The summed E-state index contributed by atoms with van der Waals surface area (Å²) in [5.41, 5.74) is 2.14. The molecule has 0 atom stereocenters. The third-order valence-electron chi connectivity index (χ3n) is 6.07. The minimum atomic E-state index is -0.0521. The number of hydrogen-bond acceptors (Lipinski definition) is 6. The fourth-order valence-electron chi connectivity index (χ4n) is 3.95. The molecule has 0 radical (unpaired) electrons. The number of anilines is 2. The normalized spacial score (nSPS) is 16.6. The molecule has 0 spiro atoms. The van der Waals surface area contributed by atoms with Crippen LogP contribution in [0.25, 0.3) is 0 Å². The van der Waals surface area contributed by atoms with E-state index in [2.05, 4.69) is 32.6 Å². The average Bonchev–Trinajstić information content (AvgIpc) is 3.60. The fraction of sp³-hybridized carbons (Fsp3) is 0.500. The number of thiophene rings is 1. The largest absolute Gasteiger partial charge is 0.497 e. The van der Waals surface area contributed by atoms with Crippen molar-refractivity contribution < 1.29 is 14.3 Å². The number of carbonyl (C=O) groups excluding carboxylic acids is 2. The van der Waals surface area contributed by atoms with Crippen LogP contribution in [0, 0.1) is 12.8 Å². The maximum Gasteiger partial charge on any atom is 0.261 e. The van der Waals surface area contributed by atoms with Gasteiger partial charge in [-0.05, 0) is 68.6 Å². The highest BCUT2D eigenvalue weighted by molar-refractivity contribution is 7.18. The molecule has 7 nitrogen and oxygen atoms in total. The van der Waals surface area contributed by atoms with E-state index in [1.54, 1.807) is 7.11 Å². The molecule has 1 saturated carbocycles. The standard InChI is InChI=1S/C24H32N4O3S/c1-17-16-21(26-23(29)18-4-5-18)32-22(17)24(30)25-10-3-11-27-12-14-28(15-13-27)19-6-8-20(31-2)9-7-19/h6-9,16,18H,3-5,10-15H2,1-2H3,(H,25,30)(H,26,29). The first kappa shape index (κ1) is 22.6.